The predicted molar refractivity (Wildman–Crippen MR) is 90.9 cm³/mol. The molecular weight excluding hydrogens is 372 g/mol. The zero-order chi connectivity index (χ0) is 18.9. The number of benzene rings is 1. The van der Waals surface area contributed by atoms with Gasteiger partial charge in [-0.15, -0.1) is 0 Å². The molecule has 25 heavy (non-hydrogen) atoms. The van der Waals surface area contributed by atoms with E-state index >= 15 is 0 Å². The average Bonchev–Trinajstić information content (AvgIpc) is 2.97. The van der Waals surface area contributed by atoms with Crippen LogP contribution in [0.1, 0.15) is 0 Å². The van der Waals surface area contributed by atoms with E-state index in [9.17, 15) is 18.0 Å². The van der Waals surface area contributed by atoms with E-state index in [1.807, 2.05) is 0 Å². The molecule has 2 rings (SSSR count). The second kappa shape index (κ2) is 6.73. The molecule has 0 fully saturated rings. The first-order valence-electron chi connectivity index (χ1n) is 6.51. The van der Waals surface area contributed by atoms with Crippen molar-refractivity contribution in [2.75, 3.05) is 0 Å². The highest BCUT2D eigenvalue weighted by molar-refractivity contribution is 8.22. The molecule has 0 saturated heterocycles. The largest absolute Gasteiger partial charge is 0.350 e. The van der Waals surface area contributed by atoms with Crippen molar-refractivity contribution in [2.45, 2.75) is 9.79 Å². The van der Waals surface area contributed by atoms with Gasteiger partial charge in [-0.3, -0.25) is 4.55 Å². The van der Waals surface area contributed by atoms with Crippen molar-refractivity contribution in [2.24, 2.45) is 23.2 Å². The first-order valence-corrected chi connectivity index (χ1v) is 9.43. The summed E-state index contributed by atoms with van der Waals surface area (Å²) in [4.78, 5) is 23.0. The number of carbonyl (C=O) groups is 2. The highest BCUT2D eigenvalue weighted by atomic mass is 32.2. The Morgan fingerprint density at radius 2 is 1.32 bits per heavy atom. The number of hydrogen-bond acceptors (Lipinski definition) is 6. The van der Waals surface area contributed by atoms with Gasteiger partial charge in [-0.1, -0.05) is 0 Å². The van der Waals surface area contributed by atoms with Crippen molar-refractivity contribution in [1.82, 2.24) is 10.0 Å². The Kier molecular flexibility index (Phi) is 5.05. The summed E-state index contributed by atoms with van der Waals surface area (Å²) in [5.74, 6) is 11.2. The lowest BCUT2D eigenvalue weighted by atomic mass is 10.3. The first-order chi connectivity index (χ1) is 11.5. The van der Waals surface area contributed by atoms with E-state index in [-0.39, 0.29) is 16.3 Å². The molecule has 0 spiro atoms. The SMILES string of the molecule is NC(=O)N(N)C1=C[SH](c2ccc(S(=O)(=O)O)cc2)C=C1N(N)C(N)=O. The summed E-state index contributed by atoms with van der Waals surface area (Å²) in [6.45, 7) is 0. The van der Waals surface area contributed by atoms with Crippen LogP contribution in [-0.4, -0.2) is 35.1 Å². The molecule has 1 aromatic rings. The van der Waals surface area contributed by atoms with Gasteiger partial charge in [0.25, 0.3) is 10.1 Å². The minimum atomic E-state index is -4.32. The van der Waals surface area contributed by atoms with Crippen molar-refractivity contribution < 1.29 is 22.6 Å². The number of urea groups is 2. The molecule has 0 aliphatic carbocycles. The summed E-state index contributed by atoms with van der Waals surface area (Å²) >= 11 is 0. The number of nitrogens with zero attached hydrogens (tertiary/aromatic N) is 2. The molecule has 0 saturated carbocycles. The molecular formula is C12H16N6O5S2. The fourth-order valence-electron chi connectivity index (χ4n) is 1.98. The van der Waals surface area contributed by atoms with Crippen LogP contribution in [0.3, 0.4) is 0 Å². The second-order valence-corrected chi connectivity index (χ2v) is 8.09. The smallest absolute Gasteiger partial charge is 0.333 e. The molecule has 0 radical (unpaired) electrons. The van der Waals surface area contributed by atoms with Gasteiger partial charge in [0.05, 0.1) is 16.3 Å². The van der Waals surface area contributed by atoms with Gasteiger partial charge in [0.2, 0.25) is 0 Å². The van der Waals surface area contributed by atoms with E-state index in [0.717, 1.165) is 0 Å². The molecule has 13 heteroatoms. The summed E-state index contributed by atoms with van der Waals surface area (Å²) in [5, 5.41) is 4.34. The number of nitrogens with two attached hydrogens (primary N) is 4. The first kappa shape index (κ1) is 18.8. The van der Waals surface area contributed by atoms with E-state index in [4.69, 9.17) is 27.7 Å². The third-order valence-corrected chi connectivity index (χ3v) is 6.02. The van der Waals surface area contributed by atoms with Gasteiger partial charge in [0.15, 0.2) is 0 Å². The van der Waals surface area contributed by atoms with Crippen LogP contribution in [0.15, 0.2) is 56.3 Å². The van der Waals surface area contributed by atoms with E-state index in [1.165, 1.54) is 24.3 Å². The van der Waals surface area contributed by atoms with Crippen molar-refractivity contribution >= 4 is 33.1 Å². The molecule has 0 atom stereocenters. The summed E-state index contributed by atoms with van der Waals surface area (Å²) in [6.07, 6.45) is 0. The standard InChI is InChI=1S/C12H16N6O5S2/c13-11(19)17(15)9-5-24(6-10(9)18(16)12(14)20)7-1-3-8(4-2-7)25(21,22)23/h1-6,24H,15-16H2,(H2,13,19)(H2,14,20)(H,21,22,23). The molecule has 0 aromatic heterocycles. The molecule has 136 valence electrons. The van der Waals surface area contributed by atoms with Crippen LogP contribution in [-0.2, 0) is 10.1 Å². The minimum absolute atomic E-state index is 0.0822. The lowest BCUT2D eigenvalue weighted by molar-refractivity contribution is 0.212. The van der Waals surface area contributed by atoms with Gasteiger partial charge < -0.3 is 11.5 Å². The zero-order valence-electron chi connectivity index (χ0n) is 12.6. The molecule has 1 aliphatic rings. The van der Waals surface area contributed by atoms with Crippen LogP contribution >= 0.6 is 10.9 Å². The summed E-state index contributed by atoms with van der Waals surface area (Å²) in [7, 11) is -5.56. The van der Waals surface area contributed by atoms with Crippen LogP contribution in [0.5, 0.6) is 0 Å². The quantitative estimate of drug-likeness (QED) is 0.131. The third-order valence-electron chi connectivity index (χ3n) is 3.21. The number of hydrogen-bond donors (Lipinski definition) is 6. The summed E-state index contributed by atoms with van der Waals surface area (Å²) < 4.78 is 31.2. The van der Waals surface area contributed by atoms with Gasteiger partial charge in [-0.25, -0.2) is 31.3 Å². The molecule has 4 amide bonds. The van der Waals surface area contributed by atoms with E-state index in [0.29, 0.717) is 14.9 Å². The van der Waals surface area contributed by atoms with Crippen molar-refractivity contribution in [3.8, 4) is 0 Å². The van der Waals surface area contributed by atoms with Crippen molar-refractivity contribution in [3.05, 3.63) is 46.5 Å². The highest BCUT2D eigenvalue weighted by Gasteiger charge is 2.28. The fraction of sp³-hybridized carbons (Fsp3) is 0. The van der Waals surface area contributed by atoms with Crippen LogP contribution in [0, 0.1) is 0 Å². The maximum absolute atomic E-state index is 11.3. The number of primary amides is 2. The van der Waals surface area contributed by atoms with Gasteiger partial charge in [-0.2, -0.15) is 19.3 Å². The molecule has 1 aromatic carbocycles. The van der Waals surface area contributed by atoms with Crippen LogP contribution in [0.2, 0.25) is 0 Å². The number of amides is 4. The van der Waals surface area contributed by atoms with E-state index < -0.39 is 33.1 Å². The van der Waals surface area contributed by atoms with Gasteiger partial charge in [0.1, 0.15) is 0 Å². The predicted octanol–water partition coefficient (Wildman–Crippen LogP) is -0.501. The normalized spacial score (nSPS) is 15.4. The average molecular weight is 388 g/mol. The molecule has 11 nitrogen and oxygen atoms in total. The summed E-state index contributed by atoms with van der Waals surface area (Å²) in [6, 6.07) is 3.42. The molecule has 9 N–H and O–H groups in total. The maximum atomic E-state index is 11.3. The van der Waals surface area contributed by atoms with Crippen LogP contribution < -0.4 is 23.2 Å². The molecule has 1 aliphatic heterocycles. The topological polar surface area (TPSA) is 199 Å². The summed E-state index contributed by atoms with van der Waals surface area (Å²) in [5.41, 5.74) is 10.4. The highest BCUT2D eigenvalue weighted by Crippen LogP contribution is 2.47. The van der Waals surface area contributed by atoms with Crippen LogP contribution in [0.25, 0.3) is 0 Å². The molecule has 1 heterocycles. The lowest BCUT2D eigenvalue weighted by Crippen LogP contribution is -2.46. The Morgan fingerprint density at radius 1 is 0.920 bits per heavy atom. The lowest BCUT2D eigenvalue weighted by Gasteiger charge is -2.22. The Hall–Kier alpha value is -2.58. The third kappa shape index (κ3) is 3.92. The van der Waals surface area contributed by atoms with Crippen molar-refractivity contribution in [3.63, 3.8) is 0 Å². The zero-order valence-corrected chi connectivity index (χ0v) is 14.3. The maximum Gasteiger partial charge on any atom is 0.333 e. The Bertz CT molecular complexity index is 844. The van der Waals surface area contributed by atoms with Crippen molar-refractivity contribution in [1.29, 1.82) is 0 Å². The number of carbonyl (C=O) groups excluding carboxylic acids is 2. The molecule has 0 bridgehead atoms. The van der Waals surface area contributed by atoms with Gasteiger partial charge in [0, 0.05) is 0 Å². The van der Waals surface area contributed by atoms with E-state index in [1.54, 1.807) is 10.8 Å². The van der Waals surface area contributed by atoms with Gasteiger partial charge in [-0.05, 0) is 40.0 Å². The Labute approximate surface area is 145 Å². The fourth-order valence-corrected chi connectivity index (χ4v) is 4.37. The Morgan fingerprint density at radius 3 is 1.64 bits per heavy atom. The number of rotatable bonds is 4. The second-order valence-electron chi connectivity index (χ2n) is 4.82. The number of thiol groups is 1. The number of hydrazine groups is 2. The van der Waals surface area contributed by atoms with E-state index in [2.05, 4.69) is 0 Å². The monoisotopic (exact) mass is 388 g/mol. The minimum Gasteiger partial charge on any atom is -0.350 e. The Balaban J connectivity index is 2.44. The van der Waals surface area contributed by atoms with Crippen LogP contribution in [0.4, 0.5) is 9.59 Å². The van der Waals surface area contributed by atoms with Gasteiger partial charge >= 0.3 is 12.1 Å². The molecule has 0 unspecified atom stereocenters.